The number of hydrogen-bond donors (Lipinski definition) is 1. The maximum absolute atomic E-state index is 6.27. The van der Waals surface area contributed by atoms with E-state index in [-0.39, 0.29) is 6.10 Å². The van der Waals surface area contributed by atoms with Crippen molar-refractivity contribution in [2.75, 3.05) is 23.7 Å². The molecule has 1 unspecified atom stereocenters. The predicted octanol–water partition coefficient (Wildman–Crippen LogP) is 3.54. The van der Waals surface area contributed by atoms with Gasteiger partial charge in [0.1, 0.15) is 5.75 Å². The van der Waals surface area contributed by atoms with E-state index in [9.17, 15) is 0 Å². The van der Waals surface area contributed by atoms with Gasteiger partial charge >= 0.3 is 0 Å². The molecular weight excluding hydrogens is 236 g/mol. The molecule has 1 fully saturated rings. The Morgan fingerprint density at radius 2 is 2.00 bits per heavy atom. The Kier molecular flexibility index (Phi) is 4.23. The van der Waals surface area contributed by atoms with Crippen LogP contribution in [0.15, 0.2) is 18.2 Å². The lowest BCUT2D eigenvalue weighted by molar-refractivity contribution is 0.244. The minimum Gasteiger partial charge on any atom is -0.489 e. The molecule has 0 aliphatic carbocycles. The highest BCUT2D eigenvalue weighted by molar-refractivity contribution is 5.74. The first-order chi connectivity index (χ1) is 8.99. The summed E-state index contributed by atoms with van der Waals surface area (Å²) < 4.78 is 5.77. The summed E-state index contributed by atoms with van der Waals surface area (Å²) in [5.74, 6) is 2.32. The number of anilines is 2. The van der Waals surface area contributed by atoms with Crippen molar-refractivity contribution in [1.82, 2.24) is 0 Å². The fourth-order valence-corrected chi connectivity index (χ4v) is 2.72. The van der Waals surface area contributed by atoms with Crippen LogP contribution in [0.25, 0.3) is 0 Å². The molecule has 1 heterocycles. The Balaban J connectivity index is 2.17. The first kappa shape index (κ1) is 14.0. The molecular formula is C16H26N2O. The van der Waals surface area contributed by atoms with Crippen LogP contribution in [0.5, 0.6) is 5.75 Å². The van der Waals surface area contributed by atoms with E-state index in [0.717, 1.165) is 42.0 Å². The maximum atomic E-state index is 6.27. The summed E-state index contributed by atoms with van der Waals surface area (Å²) in [7, 11) is 0. The van der Waals surface area contributed by atoms with Gasteiger partial charge < -0.3 is 15.4 Å². The summed E-state index contributed by atoms with van der Waals surface area (Å²) in [5, 5.41) is 0. The van der Waals surface area contributed by atoms with Crippen molar-refractivity contribution in [1.29, 1.82) is 0 Å². The molecule has 2 rings (SSSR count). The van der Waals surface area contributed by atoms with Crippen molar-refractivity contribution in [3.05, 3.63) is 18.2 Å². The first-order valence-corrected chi connectivity index (χ1v) is 7.29. The Morgan fingerprint density at radius 3 is 2.58 bits per heavy atom. The molecule has 0 amide bonds. The van der Waals surface area contributed by atoms with E-state index in [2.05, 4.69) is 24.8 Å². The second kappa shape index (κ2) is 5.72. The molecule has 0 aromatic heterocycles. The lowest BCUT2D eigenvalue weighted by Crippen LogP contribution is -2.22. The van der Waals surface area contributed by atoms with Gasteiger partial charge in [0.15, 0.2) is 0 Å². The molecule has 1 aliphatic heterocycles. The van der Waals surface area contributed by atoms with Crippen LogP contribution >= 0.6 is 0 Å². The van der Waals surface area contributed by atoms with E-state index in [1.165, 1.54) is 6.42 Å². The van der Waals surface area contributed by atoms with Gasteiger partial charge in [-0.25, -0.2) is 0 Å². The largest absolute Gasteiger partial charge is 0.489 e. The minimum atomic E-state index is 0.152. The minimum absolute atomic E-state index is 0.152. The molecule has 1 saturated heterocycles. The van der Waals surface area contributed by atoms with Crippen LogP contribution in [-0.4, -0.2) is 19.2 Å². The topological polar surface area (TPSA) is 38.5 Å². The van der Waals surface area contributed by atoms with E-state index in [4.69, 9.17) is 10.5 Å². The van der Waals surface area contributed by atoms with Crippen LogP contribution < -0.4 is 15.4 Å². The predicted molar refractivity (Wildman–Crippen MR) is 81.8 cm³/mol. The molecule has 1 aromatic carbocycles. The van der Waals surface area contributed by atoms with Crippen molar-refractivity contribution in [3.8, 4) is 5.75 Å². The van der Waals surface area contributed by atoms with Gasteiger partial charge in [0.2, 0.25) is 0 Å². The highest BCUT2D eigenvalue weighted by Gasteiger charge is 2.26. The average Bonchev–Trinajstić information content (AvgIpc) is 2.80. The Morgan fingerprint density at radius 1 is 1.26 bits per heavy atom. The molecule has 0 bridgehead atoms. The molecule has 1 aliphatic rings. The van der Waals surface area contributed by atoms with Crippen molar-refractivity contribution in [3.63, 3.8) is 0 Å². The monoisotopic (exact) mass is 262 g/mol. The Labute approximate surface area is 116 Å². The van der Waals surface area contributed by atoms with E-state index in [1.54, 1.807) is 0 Å². The lowest BCUT2D eigenvalue weighted by atomic mass is 9.95. The van der Waals surface area contributed by atoms with Crippen molar-refractivity contribution in [2.24, 2.45) is 11.8 Å². The zero-order valence-corrected chi connectivity index (χ0v) is 12.5. The van der Waals surface area contributed by atoms with E-state index in [1.807, 2.05) is 26.0 Å². The van der Waals surface area contributed by atoms with Crippen LogP contribution in [-0.2, 0) is 0 Å². The fraction of sp³-hybridized carbons (Fsp3) is 0.625. The SMILES string of the molecule is CC(C)Oc1cccc(N2CCC(C(C)C)C2)c1N. The summed E-state index contributed by atoms with van der Waals surface area (Å²) >= 11 is 0. The van der Waals surface area contributed by atoms with Crippen LogP contribution in [0.2, 0.25) is 0 Å². The molecule has 106 valence electrons. The van der Waals surface area contributed by atoms with Gasteiger partial charge in [0.25, 0.3) is 0 Å². The average molecular weight is 262 g/mol. The van der Waals surface area contributed by atoms with Gasteiger partial charge in [-0.1, -0.05) is 19.9 Å². The van der Waals surface area contributed by atoms with Crippen LogP contribution in [0.3, 0.4) is 0 Å². The smallest absolute Gasteiger partial charge is 0.144 e. The number of ether oxygens (including phenoxy) is 1. The van der Waals surface area contributed by atoms with E-state index < -0.39 is 0 Å². The van der Waals surface area contributed by atoms with Gasteiger partial charge in [-0.3, -0.25) is 0 Å². The van der Waals surface area contributed by atoms with Crippen molar-refractivity contribution >= 4 is 11.4 Å². The zero-order chi connectivity index (χ0) is 14.0. The summed E-state index contributed by atoms with van der Waals surface area (Å²) in [5.41, 5.74) is 8.17. The van der Waals surface area contributed by atoms with Crippen LogP contribution in [0, 0.1) is 11.8 Å². The standard InChI is InChI=1S/C16H26N2O/c1-11(2)13-8-9-18(10-13)14-6-5-7-15(16(14)17)19-12(3)4/h5-7,11-13H,8-10,17H2,1-4H3. The third kappa shape index (κ3) is 3.14. The zero-order valence-electron chi connectivity index (χ0n) is 12.5. The Hall–Kier alpha value is -1.38. The van der Waals surface area contributed by atoms with Crippen molar-refractivity contribution < 1.29 is 4.74 Å². The second-order valence-corrected chi connectivity index (χ2v) is 6.09. The summed E-state index contributed by atoms with van der Waals surface area (Å²) in [6.45, 7) is 10.9. The quantitative estimate of drug-likeness (QED) is 0.843. The van der Waals surface area contributed by atoms with Gasteiger partial charge in [-0.15, -0.1) is 0 Å². The molecule has 0 spiro atoms. The normalized spacial score (nSPS) is 19.5. The molecule has 1 aromatic rings. The third-order valence-corrected chi connectivity index (χ3v) is 3.91. The van der Waals surface area contributed by atoms with Crippen molar-refractivity contribution in [2.45, 2.75) is 40.2 Å². The fourth-order valence-electron chi connectivity index (χ4n) is 2.72. The summed E-state index contributed by atoms with van der Waals surface area (Å²) in [6.07, 6.45) is 1.41. The van der Waals surface area contributed by atoms with E-state index in [0.29, 0.717) is 0 Å². The highest BCUT2D eigenvalue weighted by atomic mass is 16.5. The van der Waals surface area contributed by atoms with Crippen LogP contribution in [0.4, 0.5) is 11.4 Å². The number of rotatable bonds is 4. The third-order valence-electron chi connectivity index (χ3n) is 3.91. The Bertz CT molecular complexity index is 429. The number of para-hydroxylation sites is 1. The summed E-state index contributed by atoms with van der Waals surface area (Å²) in [6, 6.07) is 6.09. The number of benzene rings is 1. The highest BCUT2D eigenvalue weighted by Crippen LogP contribution is 2.36. The molecule has 19 heavy (non-hydrogen) atoms. The molecule has 0 saturated carbocycles. The van der Waals surface area contributed by atoms with E-state index >= 15 is 0 Å². The molecule has 0 radical (unpaired) electrons. The van der Waals surface area contributed by atoms with Gasteiger partial charge in [-0.05, 0) is 44.2 Å². The van der Waals surface area contributed by atoms with Gasteiger partial charge in [0, 0.05) is 13.1 Å². The molecule has 3 nitrogen and oxygen atoms in total. The number of hydrogen-bond acceptors (Lipinski definition) is 3. The van der Waals surface area contributed by atoms with Crippen LogP contribution in [0.1, 0.15) is 34.1 Å². The molecule has 2 N–H and O–H groups in total. The van der Waals surface area contributed by atoms with Gasteiger partial charge in [-0.2, -0.15) is 0 Å². The lowest BCUT2D eigenvalue weighted by Gasteiger charge is -2.23. The van der Waals surface area contributed by atoms with Gasteiger partial charge in [0.05, 0.1) is 17.5 Å². The molecule has 1 atom stereocenters. The second-order valence-electron chi connectivity index (χ2n) is 6.09. The number of nitrogens with two attached hydrogens (primary N) is 1. The first-order valence-electron chi connectivity index (χ1n) is 7.29. The summed E-state index contributed by atoms with van der Waals surface area (Å²) in [4.78, 5) is 2.40. The molecule has 3 heteroatoms. The number of nitrogens with zero attached hydrogens (tertiary/aromatic N) is 1. The number of nitrogen functional groups attached to an aromatic ring is 1. The maximum Gasteiger partial charge on any atom is 0.144 e.